The Labute approximate surface area is 200 Å². The van der Waals surface area contributed by atoms with E-state index >= 15 is 0 Å². The van der Waals surface area contributed by atoms with Gasteiger partial charge < -0.3 is 24.0 Å². The molecule has 3 heterocycles. The zero-order valence-corrected chi connectivity index (χ0v) is 20.1. The molecule has 1 saturated heterocycles. The monoisotopic (exact) mass is 468 g/mol. The number of hydrogen-bond acceptors (Lipinski definition) is 6. The van der Waals surface area contributed by atoms with Crippen LogP contribution in [0, 0.1) is 5.92 Å². The van der Waals surface area contributed by atoms with Crippen molar-refractivity contribution in [2.45, 2.75) is 37.1 Å². The SMILES string of the molecule is COc1ccc2c(c1)SCCN(C(=O)CCN1CCC(Cc3cccc4c3OCO4)CC1)C2. The third kappa shape index (κ3) is 5.25. The Morgan fingerprint density at radius 3 is 2.88 bits per heavy atom. The highest BCUT2D eigenvalue weighted by atomic mass is 32.2. The number of thioether (sulfide) groups is 1. The Kier molecular flexibility index (Phi) is 6.97. The summed E-state index contributed by atoms with van der Waals surface area (Å²) in [6.07, 6.45) is 3.95. The van der Waals surface area contributed by atoms with Gasteiger partial charge in [-0.25, -0.2) is 0 Å². The lowest BCUT2D eigenvalue weighted by Crippen LogP contribution is -2.38. The van der Waals surface area contributed by atoms with Crippen molar-refractivity contribution in [3.05, 3.63) is 47.5 Å². The van der Waals surface area contributed by atoms with Gasteiger partial charge in [-0.2, -0.15) is 0 Å². The number of carbonyl (C=O) groups excluding carboxylic acids is 1. The molecule has 0 unspecified atom stereocenters. The molecule has 3 aliphatic rings. The van der Waals surface area contributed by atoms with Crippen LogP contribution in [0.2, 0.25) is 0 Å². The lowest BCUT2D eigenvalue weighted by Gasteiger charge is -2.32. The van der Waals surface area contributed by atoms with Crippen molar-refractivity contribution in [2.75, 3.05) is 45.8 Å². The van der Waals surface area contributed by atoms with Gasteiger partial charge in [0.25, 0.3) is 0 Å². The molecular formula is C26H32N2O4S. The van der Waals surface area contributed by atoms with E-state index in [1.54, 1.807) is 7.11 Å². The number of methoxy groups -OCH3 is 1. The number of carbonyl (C=O) groups is 1. The number of hydrogen-bond donors (Lipinski definition) is 0. The predicted octanol–water partition coefficient (Wildman–Crippen LogP) is 4.20. The van der Waals surface area contributed by atoms with Crippen molar-refractivity contribution in [3.63, 3.8) is 0 Å². The molecule has 2 aromatic rings. The van der Waals surface area contributed by atoms with Crippen LogP contribution in [0.4, 0.5) is 0 Å². The van der Waals surface area contributed by atoms with Gasteiger partial charge in [0.05, 0.1) is 7.11 Å². The van der Waals surface area contributed by atoms with Crippen molar-refractivity contribution in [1.29, 1.82) is 0 Å². The fourth-order valence-electron chi connectivity index (χ4n) is 4.98. The van der Waals surface area contributed by atoms with Crippen molar-refractivity contribution >= 4 is 17.7 Å². The van der Waals surface area contributed by atoms with Gasteiger partial charge in [-0.1, -0.05) is 18.2 Å². The zero-order valence-electron chi connectivity index (χ0n) is 19.3. The average Bonchev–Trinajstić information content (AvgIpc) is 3.23. The lowest BCUT2D eigenvalue weighted by molar-refractivity contribution is -0.132. The second kappa shape index (κ2) is 10.3. The number of nitrogens with zero attached hydrogens (tertiary/aromatic N) is 2. The number of fused-ring (bicyclic) bond motifs is 2. The zero-order chi connectivity index (χ0) is 22.6. The molecule has 6 nitrogen and oxygen atoms in total. The smallest absolute Gasteiger partial charge is 0.231 e. The number of benzene rings is 2. The minimum Gasteiger partial charge on any atom is -0.497 e. The summed E-state index contributed by atoms with van der Waals surface area (Å²) in [4.78, 5) is 18.7. The molecule has 0 aliphatic carbocycles. The molecule has 7 heteroatoms. The number of piperidine rings is 1. The molecule has 0 radical (unpaired) electrons. The van der Waals surface area contributed by atoms with E-state index in [2.05, 4.69) is 29.2 Å². The Morgan fingerprint density at radius 1 is 1.15 bits per heavy atom. The molecule has 0 bridgehead atoms. The van der Waals surface area contributed by atoms with Crippen molar-refractivity contribution in [3.8, 4) is 17.2 Å². The molecule has 1 amide bonds. The molecule has 33 heavy (non-hydrogen) atoms. The summed E-state index contributed by atoms with van der Waals surface area (Å²) in [5.74, 6) is 4.53. The highest BCUT2D eigenvalue weighted by Gasteiger charge is 2.25. The van der Waals surface area contributed by atoms with Crippen LogP contribution in [0.1, 0.15) is 30.4 Å². The molecule has 0 N–H and O–H groups in total. The highest BCUT2D eigenvalue weighted by Crippen LogP contribution is 2.37. The van der Waals surface area contributed by atoms with E-state index in [0.29, 0.717) is 25.7 Å². The molecule has 0 spiro atoms. The molecule has 0 atom stereocenters. The summed E-state index contributed by atoms with van der Waals surface area (Å²) in [6, 6.07) is 12.4. The first kappa shape index (κ1) is 22.4. The maximum atomic E-state index is 13.0. The first-order valence-corrected chi connectivity index (χ1v) is 12.9. The summed E-state index contributed by atoms with van der Waals surface area (Å²) in [7, 11) is 1.69. The maximum absolute atomic E-state index is 13.0. The second-order valence-corrected chi connectivity index (χ2v) is 10.2. The third-order valence-corrected chi connectivity index (χ3v) is 8.02. The molecule has 2 aromatic carbocycles. The van der Waals surface area contributed by atoms with Crippen molar-refractivity contribution in [1.82, 2.24) is 9.80 Å². The van der Waals surface area contributed by atoms with Crippen LogP contribution in [0.5, 0.6) is 17.2 Å². The standard InChI is InChI=1S/C26H32N2O4S/c1-30-22-6-5-21-17-28(13-14-33-24(21)16-22)25(29)9-12-27-10-7-19(8-11-27)15-20-3-2-4-23-26(20)32-18-31-23/h2-6,16,19H,7-15,17-18H2,1H3. The first-order chi connectivity index (χ1) is 16.2. The molecule has 0 aromatic heterocycles. The highest BCUT2D eigenvalue weighted by molar-refractivity contribution is 7.99. The van der Waals surface area contributed by atoms with Crippen molar-refractivity contribution < 1.29 is 19.0 Å². The molecular weight excluding hydrogens is 436 g/mol. The van der Waals surface area contributed by atoms with Crippen LogP contribution in [0.25, 0.3) is 0 Å². The number of rotatable bonds is 6. The lowest BCUT2D eigenvalue weighted by atomic mass is 9.89. The van der Waals surface area contributed by atoms with E-state index in [9.17, 15) is 4.79 Å². The minimum atomic E-state index is 0.262. The third-order valence-electron chi connectivity index (χ3n) is 6.94. The van der Waals surface area contributed by atoms with Crippen LogP contribution in [0.3, 0.4) is 0 Å². The molecule has 3 aliphatic heterocycles. The largest absolute Gasteiger partial charge is 0.497 e. The van der Waals surface area contributed by atoms with Gasteiger partial charge in [-0.3, -0.25) is 4.79 Å². The van der Waals surface area contributed by atoms with Crippen LogP contribution in [0.15, 0.2) is 41.3 Å². The van der Waals surface area contributed by atoms with E-state index in [4.69, 9.17) is 14.2 Å². The Bertz CT molecular complexity index is 990. The van der Waals surface area contributed by atoms with Gasteiger partial charge in [-0.15, -0.1) is 11.8 Å². The Hall–Kier alpha value is -2.38. The van der Waals surface area contributed by atoms with Gasteiger partial charge in [-0.05, 0) is 67.6 Å². The fraction of sp³-hybridized carbons (Fsp3) is 0.500. The summed E-state index contributed by atoms with van der Waals surface area (Å²) in [6.45, 7) is 4.79. The topological polar surface area (TPSA) is 51.2 Å². The first-order valence-electron chi connectivity index (χ1n) is 11.9. The summed E-state index contributed by atoms with van der Waals surface area (Å²) in [5, 5.41) is 0. The van der Waals surface area contributed by atoms with Crippen LogP contribution in [-0.4, -0.2) is 61.5 Å². The second-order valence-electron chi connectivity index (χ2n) is 9.03. The number of ether oxygens (including phenoxy) is 3. The van der Waals surface area contributed by atoms with Gasteiger partial charge in [0, 0.05) is 36.7 Å². The molecule has 0 saturated carbocycles. The Morgan fingerprint density at radius 2 is 2.03 bits per heavy atom. The normalized spacial score (nSPS) is 18.6. The van der Waals surface area contributed by atoms with E-state index in [-0.39, 0.29) is 5.91 Å². The summed E-state index contributed by atoms with van der Waals surface area (Å²) < 4.78 is 16.5. The van der Waals surface area contributed by atoms with E-state index in [1.165, 1.54) is 16.0 Å². The van der Waals surface area contributed by atoms with E-state index in [0.717, 1.165) is 68.4 Å². The van der Waals surface area contributed by atoms with Gasteiger partial charge >= 0.3 is 0 Å². The van der Waals surface area contributed by atoms with Crippen molar-refractivity contribution in [2.24, 2.45) is 5.92 Å². The van der Waals surface area contributed by atoms with Crippen LogP contribution < -0.4 is 14.2 Å². The number of para-hydroxylation sites is 1. The summed E-state index contributed by atoms with van der Waals surface area (Å²) in [5.41, 5.74) is 2.48. The van der Waals surface area contributed by atoms with E-state index in [1.807, 2.05) is 28.8 Å². The maximum Gasteiger partial charge on any atom is 0.231 e. The summed E-state index contributed by atoms with van der Waals surface area (Å²) >= 11 is 1.81. The predicted molar refractivity (Wildman–Crippen MR) is 129 cm³/mol. The average molecular weight is 469 g/mol. The minimum absolute atomic E-state index is 0.262. The number of likely N-dealkylation sites (tertiary alicyclic amines) is 1. The van der Waals surface area contributed by atoms with Crippen LogP contribution in [-0.2, 0) is 17.8 Å². The number of amides is 1. The van der Waals surface area contributed by atoms with Gasteiger partial charge in [0.1, 0.15) is 5.75 Å². The molecule has 176 valence electrons. The molecule has 5 rings (SSSR count). The van der Waals surface area contributed by atoms with E-state index < -0.39 is 0 Å². The Balaban J connectivity index is 1.09. The van der Waals surface area contributed by atoms with Gasteiger partial charge in [0.15, 0.2) is 11.5 Å². The van der Waals surface area contributed by atoms with Crippen LogP contribution >= 0.6 is 11.8 Å². The molecule has 1 fully saturated rings. The fourth-order valence-corrected chi connectivity index (χ4v) is 6.03. The van der Waals surface area contributed by atoms with Gasteiger partial charge in [0.2, 0.25) is 12.7 Å². The quantitative estimate of drug-likeness (QED) is 0.633.